The zero-order valence-corrected chi connectivity index (χ0v) is 9.76. The van der Waals surface area contributed by atoms with Gasteiger partial charge in [-0.15, -0.1) is 0 Å². The minimum atomic E-state index is 0.210. The first-order valence-electron chi connectivity index (χ1n) is 5.31. The molecule has 1 heteroatoms. The molecule has 14 heavy (non-hydrogen) atoms. The van der Waals surface area contributed by atoms with Gasteiger partial charge < -0.3 is 4.90 Å². The molecule has 0 aromatic rings. The van der Waals surface area contributed by atoms with Crippen molar-refractivity contribution < 1.29 is 0 Å². The van der Waals surface area contributed by atoms with E-state index in [2.05, 4.69) is 57.7 Å². The zero-order valence-electron chi connectivity index (χ0n) is 9.76. The third kappa shape index (κ3) is 1.31. The zero-order chi connectivity index (χ0) is 10.5. The van der Waals surface area contributed by atoms with Crippen LogP contribution in [0.15, 0.2) is 35.1 Å². The first kappa shape index (κ1) is 9.57. The standard InChI is InChI=1S/C13H19N/c1-9-6-11-8-10(2)14(12(11)7-9)13(3,4)5/h6-8,10H,1-5H3. The van der Waals surface area contributed by atoms with Gasteiger partial charge in [-0.25, -0.2) is 0 Å². The largest absolute Gasteiger partial charge is 0.360 e. The number of fused-ring (bicyclic) bond motifs is 1. The van der Waals surface area contributed by atoms with Gasteiger partial charge in [0, 0.05) is 17.3 Å². The van der Waals surface area contributed by atoms with E-state index in [-0.39, 0.29) is 5.54 Å². The van der Waals surface area contributed by atoms with E-state index in [1.54, 1.807) is 0 Å². The van der Waals surface area contributed by atoms with Crippen molar-refractivity contribution in [2.45, 2.75) is 46.2 Å². The molecule has 1 nitrogen and oxygen atoms in total. The third-order valence-corrected chi connectivity index (χ3v) is 2.85. The molecular weight excluding hydrogens is 170 g/mol. The highest BCUT2D eigenvalue weighted by Gasteiger charge is 2.34. The van der Waals surface area contributed by atoms with E-state index in [0.717, 1.165) is 0 Å². The predicted molar refractivity (Wildman–Crippen MR) is 61.0 cm³/mol. The molecule has 1 aliphatic carbocycles. The second kappa shape index (κ2) is 2.75. The van der Waals surface area contributed by atoms with Crippen molar-refractivity contribution in [3.63, 3.8) is 0 Å². The SMILES string of the molecule is CC1=CC2=CC(C)N(C(C)(C)C)C2=C1. The predicted octanol–water partition coefficient (Wildman–Crippen LogP) is 3.26. The van der Waals surface area contributed by atoms with E-state index in [1.807, 2.05) is 0 Å². The molecule has 0 radical (unpaired) electrons. The maximum Gasteiger partial charge on any atom is 0.0459 e. The number of rotatable bonds is 0. The summed E-state index contributed by atoms with van der Waals surface area (Å²) < 4.78 is 0. The van der Waals surface area contributed by atoms with Gasteiger partial charge in [0.05, 0.1) is 0 Å². The minimum Gasteiger partial charge on any atom is -0.360 e. The second-order valence-electron chi connectivity index (χ2n) is 5.32. The molecule has 0 amide bonds. The first-order chi connectivity index (χ1) is 6.39. The van der Waals surface area contributed by atoms with Crippen LogP contribution in [0.1, 0.15) is 34.6 Å². The summed E-state index contributed by atoms with van der Waals surface area (Å²) in [5.74, 6) is 0. The highest BCUT2D eigenvalue weighted by Crippen LogP contribution is 2.38. The van der Waals surface area contributed by atoms with Crippen LogP contribution in [-0.2, 0) is 0 Å². The van der Waals surface area contributed by atoms with Gasteiger partial charge in [-0.1, -0.05) is 12.2 Å². The van der Waals surface area contributed by atoms with Crippen LogP contribution in [0, 0.1) is 0 Å². The van der Waals surface area contributed by atoms with Gasteiger partial charge in [0.25, 0.3) is 0 Å². The second-order valence-corrected chi connectivity index (χ2v) is 5.32. The van der Waals surface area contributed by atoms with Crippen molar-refractivity contribution in [3.8, 4) is 0 Å². The van der Waals surface area contributed by atoms with E-state index >= 15 is 0 Å². The summed E-state index contributed by atoms with van der Waals surface area (Å²) in [6, 6.07) is 0.528. The monoisotopic (exact) mass is 189 g/mol. The van der Waals surface area contributed by atoms with Crippen LogP contribution in [-0.4, -0.2) is 16.5 Å². The third-order valence-electron chi connectivity index (χ3n) is 2.85. The van der Waals surface area contributed by atoms with Gasteiger partial charge in [0.1, 0.15) is 0 Å². The summed E-state index contributed by atoms with van der Waals surface area (Å²) in [5.41, 5.74) is 4.39. The molecule has 2 aliphatic rings. The van der Waals surface area contributed by atoms with E-state index in [9.17, 15) is 0 Å². The fourth-order valence-electron chi connectivity index (χ4n) is 2.53. The Morgan fingerprint density at radius 3 is 2.43 bits per heavy atom. The van der Waals surface area contributed by atoms with Crippen molar-refractivity contribution >= 4 is 0 Å². The Bertz CT molecular complexity index is 350. The highest BCUT2D eigenvalue weighted by atomic mass is 15.2. The van der Waals surface area contributed by atoms with Crippen molar-refractivity contribution in [2.24, 2.45) is 0 Å². The topological polar surface area (TPSA) is 3.24 Å². The molecule has 1 heterocycles. The lowest BCUT2D eigenvalue weighted by molar-refractivity contribution is 0.175. The van der Waals surface area contributed by atoms with Gasteiger partial charge in [-0.2, -0.15) is 0 Å². The highest BCUT2D eigenvalue weighted by molar-refractivity contribution is 5.55. The Balaban J connectivity index is 2.38. The fourth-order valence-corrected chi connectivity index (χ4v) is 2.53. The molecule has 0 N–H and O–H groups in total. The number of hydrogen-bond acceptors (Lipinski definition) is 1. The fraction of sp³-hybridized carbons (Fsp3) is 0.538. The Labute approximate surface area is 86.8 Å². The molecule has 1 atom stereocenters. The molecule has 0 saturated heterocycles. The molecule has 0 aromatic carbocycles. The number of hydrogen-bond donors (Lipinski definition) is 0. The lowest BCUT2D eigenvalue weighted by Crippen LogP contribution is -2.42. The Hall–Kier alpha value is -0.980. The number of nitrogens with zero attached hydrogens (tertiary/aromatic N) is 1. The smallest absolute Gasteiger partial charge is 0.0459 e. The summed E-state index contributed by atoms with van der Waals surface area (Å²) in [5, 5.41) is 0. The molecule has 0 aromatic heterocycles. The molecule has 1 aliphatic heterocycles. The van der Waals surface area contributed by atoms with Crippen molar-refractivity contribution in [3.05, 3.63) is 35.1 Å². The average molecular weight is 189 g/mol. The van der Waals surface area contributed by atoms with E-state index in [1.165, 1.54) is 16.8 Å². The Morgan fingerprint density at radius 1 is 1.21 bits per heavy atom. The van der Waals surface area contributed by atoms with Crippen molar-refractivity contribution in [1.29, 1.82) is 0 Å². The Kier molecular flexibility index (Phi) is 1.88. The molecule has 0 saturated carbocycles. The lowest BCUT2D eigenvalue weighted by atomic mass is 10.0. The quantitative estimate of drug-likeness (QED) is 0.565. The van der Waals surface area contributed by atoms with Crippen molar-refractivity contribution in [2.75, 3.05) is 0 Å². The van der Waals surface area contributed by atoms with Crippen LogP contribution in [0.25, 0.3) is 0 Å². The molecule has 0 spiro atoms. The van der Waals surface area contributed by atoms with Crippen molar-refractivity contribution in [1.82, 2.24) is 4.90 Å². The molecule has 0 fully saturated rings. The summed E-state index contributed by atoms with van der Waals surface area (Å²) >= 11 is 0. The molecule has 1 unspecified atom stereocenters. The number of allylic oxidation sites excluding steroid dienone is 3. The first-order valence-corrected chi connectivity index (χ1v) is 5.31. The van der Waals surface area contributed by atoms with Gasteiger partial charge in [-0.05, 0) is 51.8 Å². The van der Waals surface area contributed by atoms with Crippen LogP contribution < -0.4 is 0 Å². The van der Waals surface area contributed by atoms with Gasteiger partial charge in [-0.3, -0.25) is 0 Å². The summed E-state index contributed by atoms with van der Waals surface area (Å²) in [6.45, 7) is 11.2. The van der Waals surface area contributed by atoms with Gasteiger partial charge >= 0.3 is 0 Å². The maximum atomic E-state index is 2.50. The lowest BCUT2D eigenvalue weighted by Gasteiger charge is -2.38. The summed E-state index contributed by atoms with van der Waals surface area (Å²) in [7, 11) is 0. The molecule has 0 bridgehead atoms. The summed E-state index contributed by atoms with van der Waals surface area (Å²) in [4.78, 5) is 2.50. The van der Waals surface area contributed by atoms with E-state index in [0.29, 0.717) is 6.04 Å². The van der Waals surface area contributed by atoms with Crippen LogP contribution in [0.5, 0.6) is 0 Å². The van der Waals surface area contributed by atoms with Crippen LogP contribution in [0.4, 0.5) is 0 Å². The normalized spacial score (nSPS) is 25.9. The Morgan fingerprint density at radius 2 is 1.86 bits per heavy atom. The van der Waals surface area contributed by atoms with Gasteiger partial charge in [0.2, 0.25) is 0 Å². The minimum absolute atomic E-state index is 0.210. The van der Waals surface area contributed by atoms with E-state index in [4.69, 9.17) is 0 Å². The summed E-state index contributed by atoms with van der Waals surface area (Å²) in [6.07, 6.45) is 6.92. The van der Waals surface area contributed by atoms with Gasteiger partial charge in [0.15, 0.2) is 0 Å². The van der Waals surface area contributed by atoms with Crippen LogP contribution >= 0.6 is 0 Å². The maximum absolute atomic E-state index is 2.50. The molecule has 76 valence electrons. The molecular formula is C13H19N. The van der Waals surface area contributed by atoms with Crippen LogP contribution in [0.3, 0.4) is 0 Å². The van der Waals surface area contributed by atoms with E-state index < -0.39 is 0 Å². The molecule has 2 rings (SSSR count). The average Bonchev–Trinajstić information content (AvgIpc) is 2.38. The van der Waals surface area contributed by atoms with Crippen LogP contribution in [0.2, 0.25) is 0 Å².